The minimum Gasteiger partial charge on any atom is -0.394 e. The average molecular weight is 194 g/mol. The van der Waals surface area contributed by atoms with Gasteiger partial charge in [-0.05, 0) is 6.92 Å². The topological polar surface area (TPSA) is 119 Å². The van der Waals surface area contributed by atoms with Gasteiger partial charge in [0.1, 0.15) is 11.8 Å². The Morgan fingerprint density at radius 2 is 1.77 bits per heavy atom. The Hall–Kier alpha value is -0.240. The van der Waals surface area contributed by atoms with E-state index in [-0.39, 0.29) is 6.54 Å². The maximum Gasteiger partial charge on any atom is 0.127 e. The highest BCUT2D eigenvalue weighted by Gasteiger charge is 2.32. The Morgan fingerprint density at radius 3 is 2.08 bits per heavy atom. The van der Waals surface area contributed by atoms with Crippen molar-refractivity contribution in [2.45, 2.75) is 24.8 Å². The van der Waals surface area contributed by atoms with Gasteiger partial charge in [-0.1, -0.05) is 0 Å². The normalized spacial score (nSPS) is 17.1. The van der Waals surface area contributed by atoms with Crippen LogP contribution < -0.4 is 11.1 Å². The first-order valence-electron chi connectivity index (χ1n) is 4.06. The van der Waals surface area contributed by atoms with Crippen molar-refractivity contribution in [3.63, 3.8) is 0 Å². The molecule has 0 bridgehead atoms. The molecular formula is C7H18N2O4. The van der Waals surface area contributed by atoms with Gasteiger partial charge in [0, 0.05) is 6.54 Å². The fourth-order valence-electron chi connectivity index (χ4n) is 0.708. The first-order chi connectivity index (χ1) is 5.96. The van der Waals surface area contributed by atoms with Crippen LogP contribution in [0, 0.1) is 0 Å². The van der Waals surface area contributed by atoms with Crippen LogP contribution in [0.25, 0.3) is 0 Å². The molecule has 6 nitrogen and oxygen atoms in total. The first-order valence-corrected chi connectivity index (χ1v) is 4.06. The van der Waals surface area contributed by atoms with Crippen molar-refractivity contribution < 1.29 is 20.4 Å². The lowest BCUT2D eigenvalue weighted by atomic mass is 10.0. The highest BCUT2D eigenvalue weighted by Crippen LogP contribution is 2.02. The minimum atomic E-state index is -1.48. The van der Waals surface area contributed by atoms with Crippen LogP contribution in [0.3, 0.4) is 0 Å². The van der Waals surface area contributed by atoms with E-state index >= 15 is 0 Å². The largest absolute Gasteiger partial charge is 0.394 e. The zero-order chi connectivity index (χ0) is 10.5. The highest BCUT2D eigenvalue weighted by atomic mass is 16.3. The fourth-order valence-corrected chi connectivity index (χ4v) is 0.708. The number of nitrogens with one attached hydrogen (secondary N) is 1. The lowest BCUT2D eigenvalue weighted by Crippen LogP contribution is -2.62. The van der Waals surface area contributed by atoms with Crippen LogP contribution in [0.4, 0.5) is 0 Å². The summed E-state index contributed by atoms with van der Waals surface area (Å²) in [4.78, 5) is 0. The molecule has 13 heavy (non-hydrogen) atoms. The molecule has 0 saturated carbocycles. The summed E-state index contributed by atoms with van der Waals surface area (Å²) in [5.74, 6) is 0. The van der Waals surface area contributed by atoms with Crippen LogP contribution in [0.5, 0.6) is 0 Å². The zero-order valence-corrected chi connectivity index (χ0v) is 7.64. The van der Waals surface area contributed by atoms with Crippen LogP contribution in [0.15, 0.2) is 0 Å². The van der Waals surface area contributed by atoms with Gasteiger partial charge in [0.15, 0.2) is 0 Å². The van der Waals surface area contributed by atoms with E-state index in [1.807, 2.05) is 0 Å². The second kappa shape index (κ2) is 5.48. The Kier molecular flexibility index (Phi) is 5.38. The Morgan fingerprint density at radius 1 is 1.31 bits per heavy atom. The molecule has 0 saturated heterocycles. The van der Waals surface area contributed by atoms with E-state index in [2.05, 4.69) is 5.32 Å². The molecule has 0 aromatic rings. The number of rotatable bonds is 6. The van der Waals surface area contributed by atoms with E-state index in [4.69, 9.17) is 21.1 Å². The Bertz CT molecular complexity index is 138. The third kappa shape index (κ3) is 3.99. The summed E-state index contributed by atoms with van der Waals surface area (Å²) in [6, 6.07) is 0. The number of aliphatic hydroxyl groups excluding tert-OH is 4. The number of hydrogen-bond acceptors (Lipinski definition) is 6. The van der Waals surface area contributed by atoms with Crippen LogP contribution in [-0.2, 0) is 0 Å². The fraction of sp³-hybridized carbons (Fsp3) is 1.00. The van der Waals surface area contributed by atoms with E-state index in [1.54, 1.807) is 0 Å². The van der Waals surface area contributed by atoms with Gasteiger partial charge in [-0.3, -0.25) is 5.32 Å². The maximum atomic E-state index is 9.35. The Labute approximate surface area is 77.0 Å². The molecule has 2 atom stereocenters. The van der Waals surface area contributed by atoms with Gasteiger partial charge in [0.2, 0.25) is 0 Å². The van der Waals surface area contributed by atoms with Crippen molar-refractivity contribution in [3.8, 4) is 0 Å². The predicted octanol–water partition coefficient (Wildman–Crippen LogP) is -3.04. The Balaban J connectivity index is 3.99. The van der Waals surface area contributed by atoms with Gasteiger partial charge in [-0.2, -0.15) is 0 Å². The molecule has 0 aromatic heterocycles. The van der Waals surface area contributed by atoms with Crippen molar-refractivity contribution >= 4 is 0 Å². The SMILES string of the molecule is CC(O)CNC(O)C(N)(CO)CO. The summed E-state index contributed by atoms with van der Waals surface area (Å²) < 4.78 is 0. The highest BCUT2D eigenvalue weighted by molar-refractivity contribution is 4.89. The van der Waals surface area contributed by atoms with E-state index in [0.29, 0.717) is 0 Å². The van der Waals surface area contributed by atoms with Gasteiger partial charge in [-0.15, -0.1) is 0 Å². The van der Waals surface area contributed by atoms with Gasteiger partial charge >= 0.3 is 0 Å². The number of nitrogens with two attached hydrogens (primary N) is 1. The monoisotopic (exact) mass is 194 g/mol. The van der Waals surface area contributed by atoms with E-state index in [1.165, 1.54) is 6.92 Å². The van der Waals surface area contributed by atoms with Crippen LogP contribution in [0.2, 0.25) is 0 Å². The molecule has 0 rings (SSSR count). The zero-order valence-electron chi connectivity index (χ0n) is 7.64. The molecular weight excluding hydrogens is 176 g/mol. The summed E-state index contributed by atoms with van der Waals surface area (Å²) in [5, 5.41) is 38.3. The molecule has 0 aromatic carbocycles. The predicted molar refractivity (Wildman–Crippen MR) is 46.8 cm³/mol. The molecule has 0 amide bonds. The van der Waals surface area contributed by atoms with Crippen LogP contribution in [0.1, 0.15) is 6.92 Å². The summed E-state index contributed by atoms with van der Waals surface area (Å²) >= 11 is 0. The van der Waals surface area contributed by atoms with Crippen molar-refractivity contribution in [1.29, 1.82) is 0 Å². The second-order valence-corrected chi connectivity index (χ2v) is 3.21. The molecule has 6 heteroatoms. The summed E-state index contributed by atoms with van der Waals surface area (Å²) in [7, 11) is 0. The third-order valence-corrected chi connectivity index (χ3v) is 1.74. The molecule has 0 aliphatic rings. The van der Waals surface area contributed by atoms with Crippen molar-refractivity contribution in [1.82, 2.24) is 5.32 Å². The quantitative estimate of drug-likeness (QED) is 0.250. The number of aliphatic hydroxyl groups is 4. The summed E-state index contributed by atoms with van der Waals surface area (Å²) in [6.07, 6.45) is -1.88. The summed E-state index contributed by atoms with van der Waals surface area (Å²) in [5.41, 5.74) is 3.95. The number of hydrogen-bond donors (Lipinski definition) is 6. The molecule has 2 unspecified atom stereocenters. The second-order valence-electron chi connectivity index (χ2n) is 3.21. The van der Waals surface area contributed by atoms with Crippen LogP contribution >= 0.6 is 0 Å². The molecule has 0 aliphatic heterocycles. The third-order valence-electron chi connectivity index (χ3n) is 1.74. The summed E-state index contributed by atoms with van der Waals surface area (Å²) in [6.45, 7) is 0.588. The lowest BCUT2D eigenvalue weighted by molar-refractivity contribution is -0.0158. The van der Waals surface area contributed by atoms with E-state index in [0.717, 1.165) is 0 Å². The molecule has 7 N–H and O–H groups in total. The minimum absolute atomic E-state index is 0.139. The molecule has 0 fully saturated rings. The van der Waals surface area contributed by atoms with Crippen LogP contribution in [-0.4, -0.2) is 58.1 Å². The first kappa shape index (κ1) is 12.8. The smallest absolute Gasteiger partial charge is 0.127 e. The molecule has 80 valence electrons. The maximum absolute atomic E-state index is 9.35. The van der Waals surface area contributed by atoms with Gasteiger partial charge in [0.25, 0.3) is 0 Å². The van der Waals surface area contributed by atoms with Crippen molar-refractivity contribution in [2.24, 2.45) is 5.73 Å². The van der Waals surface area contributed by atoms with E-state index < -0.39 is 31.1 Å². The van der Waals surface area contributed by atoms with Crippen molar-refractivity contribution in [3.05, 3.63) is 0 Å². The lowest BCUT2D eigenvalue weighted by Gasteiger charge is -2.31. The molecule has 0 aliphatic carbocycles. The molecule has 0 spiro atoms. The van der Waals surface area contributed by atoms with Crippen molar-refractivity contribution in [2.75, 3.05) is 19.8 Å². The van der Waals surface area contributed by atoms with Gasteiger partial charge in [0.05, 0.1) is 19.3 Å². The molecule has 0 heterocycles. The van der Waals surface area contributed by atoms with Gasteiger partial charge in [-0.25, -0.2) is 0 Å². The standard InChI is InChI=1S/C7H18N2O4/c1-5(12)2-9-6(13)7(8,3-10)4-11/h5-6,9-13H,2-4,8H2,1H3. The molecule has 0 radical (unpaired) electrons. The van der Waals surface area contributed by atoms with E-state index in [9.17, 15) is 5.11 Å². The van der Waals surface area contributed by atoms with Gasteiger partial charge < -0.3 is 26.2 Å². The average Bonchev–Trinajstić information content (AvgIpc) is 2.12.